The third kappa shape index (κ3) is 3.44. The Morgan fingerprint density at radius 3 is 2.63 bits per heavy atom. The number of nitrogens with zero attached hydrogens (tertiary/aromatic N) is 2. The van der Waals surface area contributed by atoms with Crippen LogP contribution in [0.1, 0.15) is 35.2 Å². The molecule has 0 saturated heterocycles. The first-order chi connectivity index (χ1) is 9.10. The lowest BCUT2D eigenvalue weighted by atomic mass is 9.99. The number of benzene rings is 1. The Balaban J connectivity index is 2.26. The van der Waals surface area contributed by atoms with E-state index in [1.165, 1.54) is 22.3 Å². The van der Waals surface area contributed by atoms with E-state index in [4.69, 9.17) is 0 Å². The molecule has 2 aromatic rings. The summed E-state index contributed by atoms with van der Waals surface area (Å²) in [7, 11) is 0. The van der Waals surface area contributed by atoms with Crippen LogP contribution in [0.4, 0.5) is 0 Å². The molecule has 1 atom stereocenters. The normalized spacial score (nSPS) is 12.6. The molecule has 1 aromatic heterocycles. The second-order valence-corrected chi connectivity index (χ2v) is 5.21. The fraction of sp³-hybridized carbons (Fsp3) is 0.438. The van der Waals surface area contributed by atoms with Crippen LogP contribution < -0.4 is 5.32 Å². The molecule has 1 aromatic carbocycles. The van der Waals surface area contributed by atoms with Gasteiger partial charge >= 0.3 is 0 Å². The molecule has 0 spiro atoms. The number of aromatic nitrogens is 2. The van der Waals surface area contributed by atoms with Crippen LogP contribution in [-0.2, 0) is 6.54 Å². The Bertz CT molecular complexity index is 543. The van der Waals surface area contributed by atoms with Crippen molar-refractivity contribution in [1.82, 2.24) is 15.1 Å². The molecule has 2 rings (SSSR count). The molecule has 19 heavy (non-hydrogen) atoms. The standard InChI is InChI=1S/C16H23N3/c1-5-17-16(11-19-10-13(3)9-18-19)15-8-12(2)6-7-14(15)4/h6-10,16-17H,5,11H2,1-4H3. The van der Waals surface area contributed by atoms with Crippen LogP contribution in [0.25, 0.3) is 0 Å². The van der Waals surface area contributed by atoms with E-state index in [0.29, 0.717) is 6.04 Å². The molecular formula is C16H23N3. The Hall–Kier alpha value is -1.61. The second-order valence-electron chi connectivity index (χ2n) is 5.21. The highest BCUT2D eigenvalue weighted by Gasteiger charge is 2.14. The molecule has 0 radical (unpaired) electrons. The molecule has 0 aliphatic rings. The first-order valence-corrected chi connectivity index (χ1v) is 6.89. The summed E-state index contributed by atoms with van der Waals surface area (Å²) in [6, 6.07) is 6.95. The minimum absolute atomic E-state index is 0.309. The predicted octanol–water partition coefficient (Wildman–Crippen LogP) is 3.16. The fourth-order valence-corrected chi connectivity index (χ4v) is 2.41. The van der Waals surface area contributed by atoms with Crippen molar-refractivity contribution >= 4 is 0 Å². The van der Waals surface area contributed by atoms with Crippen molar-refractivity contribution in [3.63, 3.8) is 0 Å². The van der Waals surface area contributed by atoms with Gasteiger partial charge in [-0.05, 0) is 44.0 Å². The van der Waals surface area contributed by atoms with E-state index in [2.05, 4.69) is 62.5 Å². The fourth-order valence-electron chi connectivity index (χ4n) is 2.41. The maximum absolute atomic E-state index is 4.39. The lowest BCUT2D eigenvalue weighted by Crippen LogP contribution is -2.26. The average Bonchev–Trinajstić information content (AvgIpc) is 2.77. The van der Waals surface area contributed by atoms with Gasteiger partial charge in [-0.25, -0.2) is 0 Å². The smallest absolute Gasteiger partial charge is 0.0604 e. The second kappa shape index (κ2) is 6.02. The Labute approximate surface area is 115 Å². The van der Waals surface area contributed by atoms with E-state index >= 15 is 0 Å². The van der Waals surface area contributed by atoms with Crippen LogP contribution in [-0.4, -0.2) is 16.3 Å². The van der Waals surface area contributed by atoms with Crippen LogP contribution in [0, 0.1) is 20.8 Å². The molecule has 1 N–H and O–H groups in total. The van der Waals surface area contributed by atoms with Crippen molar-refractivity contribution in [2.24, 2.45) is 0 Å². The highest BCUT2D eigenvalue weighted by molar-refractivity contribution is 5.33. The van der Waals surface area contributed by atoms with Crippen molar-refractivity contribution in [2.75, 3.05) is 6.54 Å². The highest BCUT2D eigenvalue weighted by atomic mass is 15.3. The predicted molar refractivity (Wildman–Crippen MR) is 79.3 cm³/mol. The molecule has 0 fully saturated rings. The Morgan fingerprint density at radius 2 is 2.00 bits per heavy atom. The van der Waals surface area contributed by atoms with Gasteiger partial charge in [-0.1, -0.05) is 30.7 Å². The van der Waals surface area contributed by atoms with E-state index in [1.54, 1.807) is 0 Å². The largest absolute Gasteiger partial charge is 0.309 e. The number of nitrogens with one attached hydrogen (secondary N) is 1. The average molecular weight is 257 g/mol. The quantitative estimate of drug-likeness (QED) is 0.891. The maximum atomic E-state index is 4.39. The van der Waals surface area contributed by atoms with Gasteiger partial charge in [0.05, 0.1) is 18.8 Å². The molecule has 1 unspecified atom stereocenters. The van der Waals surface area contributed by atoms with Gasteiger partial charge in [0.1, 0.15) is 0 Å². The molecule has 0 aliphatic carbocycles. The third-order valence-electron chi connectivity index (χ3n) is 3.39. The van der Waals surface area contributed by atoms with Crippen LogP contribution >= 0.6 is 0 Å². The van der Waals surface area contributed by atoms with E-state index < -0.39 is 0 Å². The van der Waals surface area contributed by atoms with Crippen molar-refractivity contribution < 1.29 is 0 Å². The highest BCUT2D eigenvalue weighted by Crippen LogP contribution is 2.21. The number of hydrogen-bond donors (Lipinski definition) is 1. The van der Waals surface area contributed by atoms with Crippen molar-refractivity contribution in [3.8, 4) is 0 Å². The molecule has 3 heteroatoms. The summed E-state index contributed by atoms with van der Waals surface area (Å²) in [6.07, 6.45) is 4.00. The minimum Gasteiger partial charge on any atom is -0.309 e. The zero-order valence-electron chi connectivity index (χ0n) is 12.3. The summed E-state index contributed by atoms with van der Waals surface area (Å²) < 4.78 is 2.02. The maximum Gasteiger partial charge on any atom is 0.0604 e. The van der Waals surface area contributed by atoms with Gasteiger partial charge in [0, 0.05) is 6.20 Å². The van der Waals surface area contributed by atoms with Gasteiger partial charge in [-0.3, -0.25) is 4.68 Å². The van der Waals surface area contributed by atoms with Gasteiger partial charge in [0.25, 0.3) is 0 Å². The van der Waals surface area contributed by atoms with E-state index in [1.807, 2.05) is 10.9 Å². The molecule has 0 amide bonds. The number of rotatable bonds is 5. The molecule has 0 bridgehead atoms. The van der Waals surface area contributed by atoms with Gasteiger partial charge in [-0.2, -0.15) is 5.10 Å². The SMILES string of the molecule is CCNC(Cn1cc(C)cn1)c1cc(C)ccc1C. The lowest BCUT2D eigenvalue weighted by Gasteiger charge is -2.21. The minimum atomic E-state index is 0.309. The topological polar surface area (TPSA) is 29.9 Å². The molecule has 0 aliphatic heterocycles. The molecule has 1 heterocycles. The van der Waals surface area contributed by atoms with E-state index in [0.717, 1.165) is 13.1 Å². The number of hydrogen-bond acceptors (Lipinski definition) is 2. The first kappa shape index (κ1) is 13.8. The van der Waals surface area contributed by atoms with Gasteiger partial charge < -0.3 is 5.32 Å². The first-order valence-electron chi connectivity index (χ1n) is 6.89. The Morgan fingerprint density at radius 1 is 1.21 bits per heavy atom. The van der Waals surface area contributed by atoms with E-state index in [-0.39, 0.29) is 0 Å². The summed E-state index contributed by atoms with van der Waals surface area (Å²) in [6.45, 7) is 10.4. The van der Waals surface area contributed by atoms with E-state index in [9.17, 15) is 0 Å². The molecule has 3 nitrogen and oxygen atoms in total. The van der Waals surface area contributed by atoms with Crippen molar-refractivity contribution in [3.05, 3.63) is 52.8 Å². The van der Waals surface area contributed by atoms with Crippen molar-refractivity contribution in [2.45, 2.75) is 40.3 Å². The van der Waals surface area contributed by atoms with Gasteiger partial charge in [-0.15, -0.1) is 0 Å². The molecular weight excluding hydrogens is 234 g/mol. The van der Waals surface area contributed by atoms with Crippen molar-refractivity contribution in [1.29, 1.82) is 0 Å². The summed E-state index contributed by atoms with van der Waals surface area (Å²) in [5.41, 5.74) is 5.21. The monoisotopic (exact) mass is 257 g/mol. The third-order valence-corrected chi connectivity index (χ3v) is 3.39. The van der Waals surface area contributed by atoms with Crippen LogP contribution in [0.15, 0.2) is 30.6 Å². The van der Waals surface area contributed by atoms with Gasteiger partial charge in [0.15, 0.2) is 0 Å². The molecule has 0 saturated carbocycles. The number of aryl methyl sites for hydroxylation is 3. The molecule has 102 valence electrons. The summed E-state index contributed by atoms with van der Waals surface area (Å²) in [4.78, 5) is 0. The van der Waals surface area contributed by atoms with Crippen LogP contribution in [0.2, 0.25) is 0 Å². The van der Waals surface area contributed by atoms with Crippen LogP contribution in [0.5, 0.6) is 0 Å². The summed E-state index contributed by atoms with van der Waals surface area (Å²) in [5.74, 6) is 0. The zero-order chi connectivity index (χ0) is 13.8. The zero-order valence-corrected chi connectivity index (χ0v) is 12.3. The van der Waals surface area contributed by atoms with Gasteiger partial charge in [0.2, 0.25) is 0 Å². The number of likely N-dealkylation sites (N-methyl/N-ethyl adjacent to an activating group) is 1. The summed E-state index contributed by atoms with van der Waals surface area (Å²) in [5, 5.41) is 7.96. The Kier molecular flexibility index (Phi) is 4.38. The lowest BCUT2D eigenvalue weighted by molar-refractivity contribution is 0.446. The van der Waals surface area contributed by atoms with Crippen LogP contribution in [0.3, 0.4) is 0 Å². The summed E-state index contributed by atoms with van der Waals surface area (Å²) >= 11 is 0.